The predicted molar refractivity (Wildman–Crippen MR) is 166 cm³/mol. The van der Waals surface area contributed by atoms with Gasteiger partial charge in [0.25, 0.3) is 10.0 Å². The van der Waals surface area contributed by atoms with Crippen LogP contribution in [0.1, 0.15) is 56.4 Å². The maximum absolute atomic E-state index is 14.2. The Morgan fingerprint density at radius 3 is 1.98 bits per heavy atom. The van der Waals surface area contributed by atoms with Crippen molar-refractivity contribution in [2.75, 3.05) is 10.8 Å². The Kier molecular flexibility index (Phi) is 10.3. The largest absolute Gasteiger partial charge is 0.350 e. The molecule has 41 heavy (non-hydrogen) atoms. The highest BCUT2D eigenvalue weighted by molar-refractivity contribution is 7.92. The van der Waals surface area contributed by atoms with Gasteiger partial charge in [-0.1, -0.05) is 72.1 Å². The Morgan fingerprint density at radius 2 is 1.46 bits per heavy atom. The van der Waals surface area contributed by atoms with E-state index in [0.717, 1.165) is 26.6 Å². The summed E-state index contributed by atoms with van der Waals surface area (Å²) >= 11 is 6.40. The third-order valence-electron chi connectivity index (χ3n) is 6.69. The minimum atomic E-state index is -4.16. The van der Waals surface area contributed by atoms with Crippen LogP contribution in [0.4, 0.5) is 5.69 Å². The Labute approximate surface area is 249 Å². The Bertz CT molecular complexity index is 1480. The van der Waals surface area contributed by atoms with E-state index in [9.17, 15) is 18.0 Å². The van der Waals surface area contributed by atoms with Gasteiger partial charge in [0.05, 0.1) is 10.6 Å². The van der Waals surface area contributed by atoms with Gasteiger partial charge in [0.1, 0.15) is 12.6 Å². The lowest BCUT2D eigenvalue weighted by Crippen LogP contribution is -2.55. The lowest BCUT2D eigenvalue weighted by Gasteiger charge is -2.35. The first-order valence-corrected chi connectivity index (χ1v) is 15.5. The molecule has 0 aromatic heterocycles. The number of rotatable bonds is 10. The van der Waals surface area contributed by atoms with Crippen molar-refractivity contribution in [2.24, 2.45) is 0 Å². The van der Waals surface area contributed by atoms with Crippen molar-refractivity contribution in [2.45, 2.75) is 77.9 Å². The van der Waals surface area contributed by atoms with Gasteiger partial charge in [-0.25, -0.2) is 8.42 Å². The number of benzene rings is 3. The van der Waals surface area contributed by atoms with Crippen molar-refractivity contribution in [3.05, 3.63) is 94.0 Å². The monoisotopic (exact) mass is 597 g/mol. The number of amides is 2. The van der Waals surface area contributed by atoms with Crippen LogP contribution in [0.25, 0.3) is 0 Å². The molecule has 220 valence electrons. The number of nitrogens with one attached hydrogen (secondary N) is 1. The second-order valence-electron chi connectivity index (χ2n) is 11.4. The van der Waals surface area contributed by atoms with Gasteiger partial charge >= 0.3 is 0 Å². The number of halogens is 1. The number of carbonyl (C=O) groups excluding carboxylic acids is 2. The summed E-state index contributed by atoms with van der Waals surface area (Å²) in [4.78, 5) is 29.1. The number of hydrogen-bond acceptors (Lipinski definition) is 4. The number of carbonyl (C=O) groups is 2. The molecule has 0 aliphatic carbocycles. The average Bonchev–Trinajstić information content (AvgIpc) is 2.89. The summed E-state index contributed by atoms with van der Waals surface area (Å²) in [6, 6.07) is 18.2. The van der Waals surface area contributed by atoms with Crippen LogP contribution in [-0.2, 0) is 26.2 Å². The molecule has 9 heteroatoms. The molecule has 3 rings (SSSR count). The molecule has 3 aromatic carbocycles. The fraction of sp³-hybridized carbons (Fsp3) is 0.375. The van der Waals surface area contributed by atoms with Crippen molar-refractivity contribution < 1.29 is 18.0 Å². The van der Waals surface area contributed by atoms with Crippen LogP contribution < -0.4 is 9.62 Å². The molecule has 2 amide bonds. The zero-order chi connectivity index (χ0) is 30.5. The second-order valence-corrected chi connectivity index (χ2v) is 13.7. The zero-order valence-electron chi connectivity index (χ0n) is 24.9. The lowest BCUT2D eigenvalue weighted by atomic mass is 10.1. The zero-order valence-corrected chi connectivity index (χ0v) is 26.4. The molecule has 0 bridgehead atoms. The van der Waals surface area contributed by atoms with Gasteiger partial charge in [0.15, 0.2) is 0 Å². The SMILES string of the molecule is CC[C@@H](C(=O)NC(C)(C)C)N(Cc1ccc(C)cc1)C(=O)CN(c1ccc(C)c(Cl)c1)S(=O)(=O)c1ccc(C)cc1. The highest BCUT2D eigenvalue weighted by Crippen LogP contribution is 2.29. The number of aryl methyl sites for hydroxylation is 3. The van der Waals surface area contributed by atoms with E-state index < -0.39 is 34.1 Å². The molecular formula is C32H40ClN3O4S. The molecule has 0 saturated carbocycles. The van der Waals surface area contributed by atoms with Crippen LogP contribution in [-0.4, -0.2) is 43.3 Å². The summed E-state index contributed by atoms with van der Waals surface area (Å²) in [6.07, 6.45) is 0.348. The highest BCUT2D eigenvalue weighted by Gasteiger charge is 2.34. The molecule has 3 aromatic rings. The number of nitrogens with zero attached hydrogens (tertiary/aromatic N) is 2. The van der Waals surface area contributed by atoms with Crippen molar-refractivity contribution in [1.29, 1.82) is 0 Å². The van der Waals surface area contributed by atoms with E-state index in [2.05, 4.69) is 5.32 Å². The standard InChI is InChI=1S/C32H40ClN3O4S/c1-8-29(31(38)34-32(5,6)7)35(20-25-14-9-22(2)10-15-25)30(37)21-36(26-16-13-24(4)28(33)19-26)41(39,40)27-17-11-23(3)12-18-27/h9-19,29H,8,20-21H2,1-7H3,(H,34,38)/t29-/m0/s1. The van der Waals surface area contributed by atoms with E-state index in [1.165, 1.54) is 17.0 Å². The predicted octanol–water partition coefficient (Wildman–Crippen LogP) is 6.18. The van der Waals surface area contributed by atoms with Crippen molar-refractivity contribution in [3.63, 3.8) is 0 Å². The van der Waals surface area contributed by atoms with Crippen LogP contribution in [0, 0.1) is 20.8 Å². The fourth-order valence-electron chi connectivity index (χ4n) is 4.37. The molecule has 0 saturated heterocycles. The molecule has 0 unspecified atom stereocenters. The lowest BCUT2D eigenvalue weighted by molar-refractivity contribution is -0.141. The summed E-state index contributed by atoms with van der Waals surface area (Å²) in [5.74, 6) is -0.805. The van der Waals surface area contributed by atoms with E-state index in [1.54, 1.807) is 30.3 Å². The molecule has 0 aliphatic rings. The van der Waals surface area contributed by atoms with E-state index in [0.29, 0.717) is 11.4 Å². The normalized spacial score (nSPS) is 12.5. The minimum Gasteiger partial charge on any atom is -0.350 e. The minimum absolute atomic E-state index is 0.0511. The smallest absolute Gasteiger partial charge is 0.264 e. The van der Waals surface area contributed by atoms with E-state index in [1.807, 2.05) is 72.7 Å². The molecule has 1 N–H and O–H groups in total. The van der Waals surface area contributed by atoms with E-state index in [4.69, 9.17) is 11.6 Å². The quantitative estimate of drug-likeness (QED) is 0.302. The van der Waals surface area contributed by atoms with E-state index >= 15 is 0 Å². The number of anilines is 1. The molecule has 0 spiro atoms. The van der Waals surface area contributed by atoms with Crippen molar-refractivity contribution in [3.8, 4) is 0 Å². The van der Waals surface area contributed by atoms with Gasteiger partial charge in [0.2, 0.25) is 11.8 Å². The summed E-state index contributed by atoms with van der Waals surface area (Å²) in [5, 5.41) is 3.36. The topological polar surface area (TPSA) is 86.8 Å². The Hall–Kier alpha value is -3.36. The molecule has 0 aliphatic heterocycles. The molecule has 0 heterocycles. The summed E-state index contributed by atoms with van der Waals surface area (Å²) in [6.45, 7) is 12.8. The van der Waals surface area contributed by atoms with Gasteiger partial charge < -0.3 is 10.2 Å². The Morgan fingerprint density at radius 1 is 0.902 bits per heavy atom. The number of sulfonamides is 1. The number of hydrogen-bond donors (Lipinski definition) is 1. The highest BCUT2D eigenvalue weighted by atomic mass is 35.5. The molecular weight excluding hydrogens is 558 g/mol. The summed E-state index contributed by atoms with van der Waals surface area (Å²) in [5.41, 5.74) is 3.33. The molecule has 1 atom stereocenters. The first-order valence-electron chi connectivity index (χ1n) is 13.6. The fourth-order valence-corrected chi connectivity index (χ4v) is 5.95. The van der Waals surface area contributed by atoms with Crippen LogP contribution >= 0.6 is 11.6 Å². The Balaban J connectivity index is 2.09. The molecule has 0 radical (unpaired) electrons. The molecule has 7 nitrogen and oxygen atoms in total. The first-order chi connectivity index (χ1) is 19.1. The van der Waals surface area contributed by atoms with Crippen molar-refractivity contribution >= 4 is 39.1 Å². The third-order valence-corrected chi connectivity index (χ3v) is 8.88. The second kappa shape index (κ2) is 13.1. The van der Waals surface area contributed by atoms with Crippen LogP contribution in [0.3, 0.4) is 0 Å². The maximum atomic E-state index is 14.2. The van der Waals surface area contributed by atoms with Gasteiger partial charge in [0, 0.05) is 17.1 Å². The van der Waals surface area contributed by atoms with Crippen molar-refractivity contribution in [1.82, 2.24) is 10.2 Å². The summed E-state index contributed by atoms with van der Waals surface area (Å²) in [7, 11) is -4.16. The average molecular weight is 598 g/mol. The maximum Gasteiger partial charge on any atom is 0.264 e. The van der Waals surface area contributed by atoms with Gasteiger partial charge in [-0.15, -0.1) is 0 Å². The van der Waals surface area contributed by atoms with E-state index in [-0.39, 0.29) is 23.0 Å². The van der Waals surface area contributed by atoms with Gasteiger partial charge in [-0.3, -0.25) is 13.9 Å². The summed E-state index contributed by atoms with van der Waals surface area (Å²) < 4.78 is 29.0. The van der Waals surface area contributed by atoms with Gasteiger partial charge in [-0.05, 0) is 83.4 Å². The van der Waals surface area contributed by atoms with Gasteiger partial charge in [-0.2, -0.15) is 0 Å². The van der Waals surface area contributed by atoms with Crippen LogP contribution in [0.2, 0.25) is 5.02 Å². The van der Waals surface area contributed by atoms with Crippen LogP contribution in [0.15, 0.2) is 71.6 Å². The molecule has 0 fully saturated rings. The third kappa shape index (κ3) is 8.33. The first kappa shape index (κ1) is 32.2. The van der Waals surface area contributed by atoms with Crippen LogP contribution in [0.5, 0.6) is 0 Å².